The molecule has 0 atom stereocenters. The lowest BCUT2D eigenvalue weighted by atomic mass is 10.2. The Kier molecular flexibility index (Phi) is 5.45. The summed E-state index contributed by atoms with van der Waals surface area (Å²) in [5.41, 5.74) is 2.50. The smallest absolute Gasteiger partial charge is 0.329 e. The summed E-state index contributed by atoms with van der Waals surface area (Å²) in [6.07, 6.45) is 1.48. The number of nitrogens with zero attached hydrogens (tertiary/aromatic N) is 4. The second-order valence-corrected chi connectivity index (χ2v) is 5.83. The number of hydrazone groups is 1. The number of ether oxygens (including phenoxy) is 1. The Morgan fingerprint density at radius 1 is 1.39 bits per heavy atom. The third-order valence-corrected chi connectivity index (χ3v) is 3.99. The van der Waals surface area contributed by atoms with E-state index in [-0.39, 0.29) is 36.0 Å². The molecule has 28 heavy (non-hydrogen) atoms. The molecule has 148 valence electrons. The second kappa shape index (κ2) is 7.96. The Hall–Kier alpha value is -3.60. The average molecular weight is 388 g/mol. The topological polar surface area (TPSA) is 147 Å². The summed E-state index contributed by atoms with van der Waals surface area (Å²) in [5.74, 6) is 0.549. The number of anilines is 1. The highest BCUT2D eigenvalue weighted by molar-refractivity contribution is 5.81. The molecule has 0 saturated carbocycles. The summed E-state index contributed by atoms with van der Waals surface area (Å²) in [7, 11) is 1.48. The number of aliphatic hydroxyl groups excluding tert-OH is 1. The number of phenols is 1. The number of aliphatic hydroxyl groups is 1. The van der Waals surface area contributed by atoms with Gasteiger partial charge in [-0.2, -0.15) is 10.1 Å². The fraction of sp³-hybridized carbons (Fsp3) is 0.294. The van der Waals surface area contributed by atoms with Crippen molar-refractivity contribution in [2.24, 2.45) is 12.1 Å². The van der Waals surface area contributed by atoms with E-state index < -0.39 is 11.2 Å². The molecule has 0 bridgehead atoms. The molecule has 0 fully saturated rings. The maximum Gasteiger partial charge on any atom is 0.329 e. The van der Waals surface area contributed by atoms with Crippen molar-refractivity contribution in [1.29, 1.82) is 0 Å². The van der Waals surface area contributed by atoms with Crippen molar-refractivity contribution in [1.82, 2.24) is 19.1 Å². The van der Waals surface area contributed by atoms with Crippen molar-refractivity contribution < 1.29 is 14.9 Å². The van der Waals surface area contributed by atoms with E-state index in [2.05, 4.69) is 20.5 Å². The summed E-state index contributed by atoms with van der Waals surface area (Å²) < 4.78 is 7.96. The largest absolute Gasteiger partial charge is 0.504 e. The average Bonchev–Trinajstić information content (AvgIpc) is 3.02. The monoisotopic (exact) mass is 388 g/mol. The lowest BCUT2D eigenvalue weighted by Gasteiger charge is -2.07. The van der Waals surface area contributed by atoms with Gasteiger partial charge >= 0.3 is 5.69 Å². The Morgan fingerprint density at radius 2 is 2.18 bits per heavy atom. The Balaban J connectivity index is 1.95. The molecule has 3 rings (SSSR count). The molecule has 0 aliphatic carbocycles. The number of hydrogen-bond donors (Lipinski definition) is 4. The summed E-state index contributed by atoms with van der Waals surface area (Å²) in [6.45, 7) is 2.07. The number of hydrogen-bond acceptors (Lipinski definition) is 8. The van der Waals surface area contributed by atoms with E-state index in [1.54, 1.807) is 12.1 Å². The summed E-state index contributed by atoms with van der Waals surface area (Å²) in [4.78, 5) is 30.4. The van der Waals surface area contributed by atoms with Crippen LogP contribution in [-0.2, 0) is 13.6 Å². The predicted molar refractivity (Wildman–Crippen MR) is 103 cm³/mol. The van der Waals surface area contributed by atoms with Gasteiger partial charge in [0.15, 0.2) is 22.7 Å². The van der Waals surface area contributed by atoms with Crippen LogP contribution in [0.1, 0.15) is 12.5 Å². The van der Waals surface area contributed by atoms with Crippen LogP contribution in [0.2, 0.25) is 0 Å². The molecule has 3 aromatic rings. The number of fused-ring (bicyclic) bond motifs is 1. The molecule has 11 nitrogen and oxygen atoms in total. The van der Waals surface area contributed by atoms with Gasteiger partial charge in [0.2, 0.25) is 5.95 Å². The molecule has 0 spiro atoms. The summed E-state index contributed by atoms with van der Waals surface area (Å²) >= 11 is 0. The number of aromatic nitrogens is 4. The van der Waals surface area contributed by atoms with Gasteiger partial charge in [0.05, 0.1) is 19.4 Å². The quantitative estimate of drug-likeness (QED) is 0.328. The minimum Gasteiger partial charge on any atom is -0.504 e. The fourth-order valence-electron chi connectivity index (χ4n) is 2.68. The minimum absolute atomic E-state index is 0.0249. The molecule has 0 amide bonds. The van der Waals surface area contributed by atoms with Crippen molar-refractivity contribution in [3.8, 4) is 11.5 Å². The van der Waals surface area contributed by atoms with Gasteiger partial charge in [0, 0.05) is 13.6 Å². The molecule has 11 heteroatoms. The first-order valence-corrected chi connectivity index (χ1v) is 8.51. The molecule has 0 unspecified atom stereocenters. The van der Waals surface area contributed by atoms with Crippen LogP contribution in [0.3, 0.4) is 0 Å². The van der Waals surface area contributed by atoms with Gasteiger partial charge < -0.3 is 19.5 Å². The molecule has 1 aromatic carbocycles. The van der Waals surface area contributed by atoms with Crippen LogP contribution in [0.15, 0.2) is 32.9 Å². The predicted octanol–water partition coefficient (Wildman–Crippen LogP) is -0.0341. The molecular formula is C17H20N6O5. The Bertz CT molecular complexity index is 1140. The first-order valence-electron chi connectivity index (χ1n) is 8.51. The number of nitrogens with one attached hydrogen (secondary N) is 2. The van der Waals surface area contributed by atoms with Gasteiger partial charge in [-0.3, -0.25) is 14.3 Å². The van der Waals surface area contributed by atoms with Gasteiger partial charge in [0.25, 0.3) is 5.56 Å². The summed E-state index contributed by atoms with van der Waals surface area (Å²) in [5, 5.41) is 23.1. The lowest BCUT2D eigenvalue weighted by Crippen LogP contribution is -2.29. The van der Waals surface area contributed by atoms with Crippen LogP contribution >= 0.6 is 0 Å². The van der Waals surface area contributed by atoms with Gasteiger partial charge in [-0.05, 0) is 30.7 Å². The lowest BCUT2D eigenvalue weighted by molar-refractivity contribution is 0.278. The van der Waals surface area contributed by atoms with E-state index in [1.807, 2.05) is 6.92 Å². The molecular weight excluding hydrogens is 368 g/mol. The van der Waals surface area contributed by atoms with Crippen molar-refractivity contribution in [3.63, 3.8) is 0 Å². The third-order valence-electron chi connectivity index (χ3n) is 3.99. The Labute approximate surface area is 158 Å². The molecule has 0 radical (unpaired) electrons. The zero-order chi connectivity index (χ0) is 20.3. The van der Waals surface area contributed by atoms with Crippen molar-refractivity contribution in [3.05, 3.63) is 44.6 Å². The first-order chi connectivity index (χ1) is 13.5. The molecule has 2 heterocycles. The van der Waals surface area contributed by atoms with Crippen LogP contribution in [0, 0.1) is 0 Å². The summed E-state index contributed by atoms with van der Waals surface area (Å²) in [6, 6.07) is 4.76. The normalized spacial score (nSPS) is 11.4. The zero-order valence-corrected chi connectivity index (χ0v) is 15.3. The molecule has 4 N–H and O–H groups in total. The number of benzene rings is 1. The van der Waals surface area contributed by atoms with Crippen LogP contribution in [-0.4, -0.2) is 48.7 Å². The molecule has 0 aliphatic rings. The van der Waals surface area contributed by atoms with E-state index in [0.29, 0.717) is 17.9 Å². The number of H-pyrrole nitrogens is 1. The fourth-order valence-corrected chi connectivity index (χ4v) is 2.68. The van der Waals surface area contributed by atoms with Crippen molar-refractivity contribution >= 4 is 23.3 Å². The van der Waals surface area contributed by atoms with Crippen LogP contribution in [0.25, 0.3) is 11.2 Å². The first kappa shape index (κ1) is 19.2. The minimum atomic E-state index is -0.601. The van der Waals surface area contributed by atoms with E-state index in [0.717, 1.165) is 0 Å². The number of rotatable bonds is 7. The highest BCUT2D eigenvalue weighted by atomic mass is 16.5. The van der Waals surface area contributed by atoms with E-state index in [1.165, 1.54) is 28.5 Å². The molecule has 0 aliphatic heterocycles. The van der Waals surface area contributed by atoms with Crippen molar-refractivity contribution in [2.75, 3.05) is 18.6 Å². The van der Waals surface area contributed by atoms with Gasteiger partial charge in [0.1, 0.15) is 0 Å². The third kappa shape index (κ3) is 3.60. The van der Waals surface area contributed by atoms with Gasteiger partial charge in [-0.1, -0.05) is 0 Å². The van der Waals surface area contributed by atoms with Gasteiger partial charge in [-0.25, -0.2) is 10.2 Å². The zero-order valence-electron chi connectivity index (χ0n) is 15.3. The number of imidazole rings is 1. The number of aromatic hydroxyl groups is 1. The SMILES string of the molecule is CCOc1cc(/C=N/Nc2nc3c(c(=O)[nH]c(=O)n3C)n2CCO)ccc1O. The maximum atomic E-state index is 12.2. The molecule has 0 saturated heterocycles. The standard InChI is InChI=1S/C17H20N6O5/c1-3-28-12-8-10(4-5-11(12)25)9-18-21-16-19-14-13(23(16)6-7-24)15(26)20-17(27)22(14)2/h4-5,8-9,24-25H,3,6-7H2,1-2H3,(H,19,21)(H,20,26,27)/b18-9+. The second-order valence-electron chi connectivity index (χ2n) is 5.83. The number of phenolic OH excluding ortho intramolecular Hbond substituents is 1. The van der Waals surface area contributed by atoms with Crippen LogP contribution < -0.4 is 21.4 Å². The number of aromatic amines is 1. The van der Waals surface area contributed by atoms with E-state index >= 15 is 0 Å². The maximum absolute atomic E-state index is 12.2. The van der Waals surface area contributed by atoms with Gasteiger partial charge in [-0.15, -0.1) is 0 Å². The number of aryl methyl sites for hydroxylation is 1. The highest BCUT2D eigenvalue weighted by Gasteiger charge is 2.16. The van der Waals surface area contributed by atoms with E-state index in [4.69, 9.17) is 4.74 Å². The van der Waals surface area contributed by atoms with Crippen molar-refractivity contribution in [2.45, 2.75) is 13.5 Å². The molecule has 2 aromatic heterocycles. The Morgan fingerprint density at radius 3 is 2.89 bits per heavy atom. The highest BCUT2D eigenvalue weighted by Crippen LogP contribution is 2.26. The van der Waals surface area contributed by atoms with Crippen LogP contribution in [0.4, 0.5) is 5.95 Å². The van der Waals surface area contributed by atoms with Crippen LogP contribution in [0.5, 0.6) is 11.5 Å². The van der Waals surface area contributed by atoms with E-state index in [9.17, 15) is 19.8 Å².